The minimum absolute atomic E-state index is 0.00425. The third kappa shape index (κ3) is 9.01. The Labute approximate surface area is 215 Å². The van der Waals surface area contributed by atoms with E-state index in [0.29, 0.717) is 31.6 Å². The summed E-state index contributed by atoms with van der Waals surface area (Å²) in [6.07, 6.45) is 1.74. The molecule has 192 valence electrons. The molecule has 0 aromatic heterocycles. The molecule has 3 rings (SSSR count). The molecule has 36 heavy (non-hydrogen) atoms. The predicted octanol–water partition coefficient (Wildman–Crippen LogP) is 4.08. The van der Waals surface area contributed by atoms with Crippen LogP contribution in [-0.4, -0.2) is 67.5 Å². The highest BCUT2D eigenvalue weighted by atomic mass is 16.5. The van der Waals surface area contributed by atoms with E-state index in [1.165, 1.54) is 0 Å². The van der Waals surface area contributed by atoms with E-state index in [0.717, 1.165) is 56.0 Å². The van der Waals surface area contributed by atoms with Crippen LogP contribution in [0.2, 0.25) is 0 Å². The van der Waals surface area contributed by atoms with Crippen LogP contribution in [-0.2, 0) is 9.59 Å². The van der Waals surface area contributed by atoms with E-state index in [9.17, 15) is 9.59 Å². The quantitative estimate of drug-likeness (QED) is 0.507. The van der Waals surface area contributed by atoms with E-state index in [4.69, 9.17) is 10.00 Å². The smallest absolute Gasteiger partial charge is 0.224 e. The second kappa shape index (κ2) is 13.1. The molecule has 1 aliphatic rings. The highest BCUT2D eigenvalue weighted by Crippen LogP contribution is 2.23. The summed E-state index contributed by atoms with van der Waals surface area (Å²) in [7, 11) is 0. The lowest BCUT2D eigenvalue weighted by molar-refractivity contribution is -0.133. The first-order valence-electron chi connectivity index (χ1n) is 12.7. The maximum Gasteiger partial charge on any atom is 0.224 e. The topological polar surface area (TPSA) is 85.7 Å². The number of rotatable bonds is 10. The molecule has 0 atom stereocenters. The molecule has 2 amide bonds. The van der Waals surface area contributed by atoms with Crippen LogP contribution in [0.3, 0.4) is 0 Å². The fraction of sp³-hybridized carbons (Fsp3) is 0.483. The molecule has 0 bridgehead atoms. The summed E-state index contributed by atoms with van der Waals surface area (Å²) in [6.45, 7) is 11.3. The molecule has 0 unspecified atom stereocenters. The lowest BCUT2D eigenvalue weighted by atomic mass is 9.92. The second-order valence-corrected chi connectivity index (χ2v) is 10.5. The van der Waals surface area contributed by atoms with Gasteiger partial charge in [-0.15, -0.1) is 0 Å². The third-order valence-electron chi connectivity index (χ3n) is 6.17. The molecule has 7 heteroatoms. The van der Waals surface area contributed by atoms with E-state index in [-0.39, 0.29) is 17.2 Å². The van der Waals surface area contributed by atoms with Crippen LogP contribution >= 0.6 is 0 Å². The summed E-state index contributed by atoms with van der Waals surface area (Å²) in [5.41, 5.74) is 2.77. The zero-order valence-corrected chi connectivity index (χ0v) is 21.8. The molecular weight excluding hydrogens is 452 g/mol. The van der Waals surface area contributed by atoms with Crippen molar-refractivity contribution in [3.8, 4) is 22.9 Å². The molecule has 1 N–H and O–H groups in total. The highest BCUT2D eigenvalue weighted by Gasteiger charge is 2.21. The van der Waals surface area contributed by atoms with Gasteiger partial charge in [0.05, 0.1) is 18.2 Å². The summed E-state index contributed by atoms with van der Waals surface area (Å²) in [6, 6.07) is 17.7. The molecule has 1 fully saturated rings. The maximum atomic E-state index is 12.5. The molecule has 0 aliphatic carbocycles. The van der Waals surface area contributed by atoms with E-state index < -0.39 is 0 Å². The molecule has 7 nitrogen and oxygen atoms in total. The van der Waals surface area contributed by atoms with Crippen LogP contribution < -0.4 is 10.1 Å². The van der Waals surface area contributed by atoms with Crippen LogP contribution in [0.25, 0.3) is 11.1 Å². The van der Waals surface area contributed by atoms with E-state index in [1.807, 2.05) is 74.2 Å². The Morgan fingerprint density at radius 1 is 0.972 bits per heavy atom. The average molecular weight is 491 g/mol. The van der Waals surface area contributed by atoms with Gasteiger partial charge in [0.2, 0.25) is 11.8 Å². The molecule has 2 aromatic carbocycles. The number of ether oxygens (including phenoxy) is 1. The number of carbonyl (C=O) groups excluding carboxylic acids is 2. The maximum absolute atomic E-state index is 12.5. The van der Waals surface area contributed by atoms with Crippen LogP contribution in [0.15, 0.2) is 48.5 Å². The molecule has 2 aromatic rings. The molecule has 0 spiro atoms. The molecule has 0 radical (unpaired) electrons. The Kier molecular flexibility index (Phi) is 9.89. The van der Waals surface area contributed by atoms with Crippen molar-refractivity contribution in [2.24, 2.45) is 5.41 Å². The van der Waals surface area contributed by atoms with Crippen LogP contribution in [0.4, 0.5) is 0 Å². The number of piperazine rings is 1. The third-order valence-corrected chi connectivity index (χ3v) is 6.17. The van der Waals surface area contributed by atoms with Gasteiger partial charge in [-0.05, 0) is 47.2 Å². The molecule has 1 saturated heterocycles. The zero-order valence-electron chi connectivity index (χ0n) is 21.8. The molecular formula is C29H38N4O3. The molecule has 1 heterocycles. The summed E-state index contributed by atoms with van der Waals surface area (Å²) < 4.78 is 5.91. The van der Waals surface area contributed by atoms with E-state index in [1.54, 1.807) is 0 Å². The van der Waals surface area contributed by atoms with Crippen LogP contribution in [0, 0.1) is 16.7 Å². The van der Waals surface area contributed by atoms with Crippen molar-refractivity contribution in [2.45, 2.75) is 40.0 Å². The number of nitrogens with one attached hydrogen (secondary N) is 1. The van der Waals surface area contributed by atoms with Crippen molar-refractivity contribution in [2.75, 3.05) is 45.9 Å². The SMILES string of the molecule is CC(C)(C)CC(=O)NCCC(=O)N1CCN(CCCOc2ccc(-c3ccc(C#N)cc3)cc2)CC1. The van der Waals surface area contributed by atoms with Gasteiger partial charge in [0, 0.05) is 52.1 Å². The van der Waals surface area contributed by atoms with Gasteiger partial charge in [-0.1, -0.05) is 45.0 Å². The first-order valence-corrected chi connectivity index (χ1v) is 12.7. The largest absolute Gasteiger partial charge is 0.494 e. The number of amides is 2. The average Bonchev–Trinajstić information content (AvgIpc) is 2.86. The van der Waals surface area contributed by atoms with Gasteiger partial charge in [-0.2, -0.15) is 5.26 Å². The van der Waals surface area contributed by atoms with Gasteiger partial charge in [0.1, 0.15) is 5.75 Å². The molecule has 0 saturated carbocycles. The van der Waals surface area contributed by atoms with Crippen LogP contribution in [0.5, 0.6) is 5.75 Å². The van der Waals surface area contributed by atoms with Crippen molar-refractivity contribution >= 4 is 11.8 Å². The van der Waals surface area contributed by atoms with Crippen molar-refractivity contribution in [3.63, 3.8) is 0 Å². The number of hydrogen-bond acceptors (Lipinski definition) is 5. The first kappa shape index (κ1) is 27.2. The van der Waals surface area contributed by atoms with E-state index in [2.05, 4.69) is 16.3 Å². The van der Waals surface area contributed by atoms with Gasteiger partial charge in [-0.3, -0.25) is 14.5 Å². The molecule has 1 aliphatic heterocycles. The van der Waals surface area contributed by atoms with Gasteiger partial charge in [0.15, 0.2) is 0 Å². The Morgan fingerprint density at radius 3 is 2.17 bits per heavy atom. The highest BCUT2D eigenvalue weighted by molar-refractivity contribution is 5.79. The minimum Gasteiger partial charge on any atom is -0.494 e. The summed E-state index contributed by atoms with van der Waals surface area (Å²) in [5.74, 6) is 0.959. The van der Waals surface area contributed by atoms with Crippen molar-refractivity contribution < 1.29 is 14.3 Å². The number of benzene rings is 2. The minimum atomic E-state index is -0.0484. The summed E-state index contributed by atoms with van der Waals surface area (Å²) in [4.78, 5) is 28.6. The number of nitriles is 1. The Hall–Kier alpha value is -3.37. The van der Waals surface area contributed by atoms with Gasteiger partial charge >= 0.3 is 0 Å². The van der Waals surface area contributed by atoms with Crippen molar-refractivity contribution in [1.29, 1.82) is 5.26 Å². The van der Waals surface area contributed by atoms with Gasteiger partial charge in [0.25, 0.3) is 0 Å². The fourth-order valence-corrected chi connectivity index (χ4v) is 4.19. The van der Waals surface area contributed by atoms with Crippen molar-refractivity contribution in [1.82, 2.24) is 15.1 Å². The zero-order chi connectivity index (χ0) is 26.0. The number of carbonyl (C=O) groups is 2. The lowest BCUT2D eigenvalue weighted by Crippen LogP contribution is -2.49. The summed E-state index contributed by atoms with van der Waals surface area (Å²) >= 11 is 0. The fourth-order valence-electron chi connectivity index (χ4n) is 4.19. The normalized spacial score (nSPS) is 14.2. The summed E-state index contributed by atoms with van der Waals surface area (Å²) in [5, 5.41) is 11.8. The van der Waals surface area contributed by atoms with E-state index >= 15 is 0 Å². The number of hydrogen-bond donors (Lipinski definition) is 1. The standard InChI is InChI=1S/C29H38N4O3/c1-29(2,3)21-27(34)31-14-13-28(35)33-18-16-32(17-19-33)15-4-20-36-26-11-9-25(10-12-26)24-7-5-23(22-30)6-8-24/h5-12H,4,13-21H2,1-3H3,(H,31,34). The Bertz CT molecular complexity index is 1030. The van der Waals surface area contributed by atoms with Crippen LogP contribution in [0.1, 0.15) is 45.6 Å². The Balaban J connectivity index is 1.29. The monoisotopic (exact) mass is 490 g/mol. The van der Waals surface area contributed by atoms with Gasteiger partial charge in [-0.25, -0.2) is 0 Å². The predicted molar refractivity (Wildman–Crippen MR) is 141 cm³/mol. The van der Waals surface area contributed by atoms with Crippen molar-refractivity contribution in [3.05, 3.63) is 54.1 Å². The Morgan fingerprint density at radius 2 is 1.58 bits per heavy atom. The first-order chi connectivity index (χ1) is 17.2. The van der Waals surface area contributed by atoms with Gasteiger partial charge < -0.3 is 15.0 Å². The number of nitrogens with zero attached hydrogens (tertiary/aromatic N) is 3. The lowest BCUT2D eigenvalue weighted by Gasteiger charge is -2.34. The second-order valence-electron chi connectivity index (χ2n) is 10.5.